The van der Waals surface area contributed by atoms with Gasteiger partial charge in [0.05, 0.1) is 5.60 Å². The van der Waals surface area contributed by atoms with Crippen LogP contribution >= 0.6 is 11.6 Å². The molecular formula is C13H20ClNO. The van der Waals surface area contributed by atoms with E-state index in [1.165, 1.54) is 5.56 Å². The molecule has 0 bridgehead atoms. The van der Waals surface area contributed by atoms with Crippen molar-refractivity contribution in [3.63, 3.8) is 0 Å². The zero-order valence-corrected chi connectivity index (χ0v) is 11.1. The number of ether oxygens (including phenoxy) is 1. The average molecular weight is 242 g/mol. The van der Waals surface area contributed by atoms with Crippen LogP contribution in [0, 0.1) is 0 Å². The van der Waals surface area contributed by atoms with Crippen LogP contribution < -0.4 is 5.32 Å². The number of methoxy groups -OCH3 is 1. The van der Waals surface area contributed by atoms with Crippen LogP contribution in [0.5, 0.6) is 0 Å². The summed E-state index contributed by atoms with van der Waals surface area (Å²) < 4.78 is 5.50. The first kappa shape index (κ1) is 13.5. The van der Waals surface area contributed by atoms with Crippen LogP contribution in [0.4, 0.5) is 0 Å². The van der Waals surface area contributed by atoms with Crippen LogP contribution in [-0.2, 0) is 11.2 Å². The highest BCUT2D eigenvalue weighted by Gasteiger charge is 2.27. The fourth-order valence-electron chi connectivity index (χ4n) is 1.69. The third-order valence-electron chi connectivity index (χ3n) is 3.07. The molecule has 0 aliphatic heterocycles. The van der Waals surface area contributed by atoms with E-state index < -0.39 is 0 Å². The SMILES string of the molecule is CNC(Cc1ccc(Cl)cc1)C(C)(C)OC. The van der Waals surface area contributed by atoms with Gasteiger partial charge in [-0.3, -0.25) is 0 Å². The Kier molecular flexibility index (Phi) is 4.78. The summed E-state index contributed by atoms with van der Waals surface area (Å²) in [6, 6.07) is 8.22. The highest BCUT2D eigenvalue weighted by Crippen LogP contribution is 2.19. The monoisotopic (exact) mass is 241 g/mol. The fourth-order valence-corrected chi connectivity index (χ4v) is 1.82. The summed E-state index contributed by atoms with van der Waals surface area (Å²) in [6.45, 7) is 4.17. The van der Waals surface area contributed by atoms with E-state index in [9.17, 15) is 0 Å². The zero-order valence-electron chi connectivity index (χ0n) is 10.4. The fraction of sp³-hybridized carbons (Fsp3) is 0.538. The van der Waals surface area contributed by atoms with Gasteiger partial charge in [0.1, 0.15) is 0 Å². The summed E-state index contributed by atoms with van der Waals surface area (Å²) in [6.07, 6.45) is 0.925. The molecule has 90 valence electrons. The molecule has 2 nitrogen and oxygen atoms in total. The van der Waals surface area contributed by atoms with Crippen molar-refractivity contribution in [2.24, 2.45) is 0 Å². The van der Waals surface area contributed by atoms with Gasteiger partial charge in [0, 0.05) is 18.2 Å². The number of hydrogen-bond donors (Lipinski definition) is 1. The lowest BCUT2D eigenvalue weighted by molar-refractivity contribution is -0.00797. The maximum absolute atomic E-state index is 5.86. The largest absolute Gasteiger partial charge is 0.377 e. The number of benzene rings is 1. The number of likely N-dealkylation sites (N-methyl/N-ethyl adjacent to an activating group) is 1. The Hall–Kier alpha value is -0.570. The van der Waals surface area contributed by atoms with Crippen LogP contribution in [0.15, 0.2) is 24.3 Å². The lowest BCUT2D eigenvalue weighted by Gasteiger charge is -2.33. The van der Waals surface area contributed by atoms with E-state index in [1.54, 1.807) is 7.11 Å². The second-order valence-electron chi connectivity index (χ2n) is 4.48. The molecule has 16 heavy (non-hydrogen) atoms. The molecule has 3 heteroatoms. The number of halogens is 1. The Labute approximate surface area is 103 Å². The molecule has 0 aliphatic carbocycles. The van der Waals surface area contributed by atoms with E-state index in [2.05, 4.69) is 31.3 Å². The number of rotatable bonds is 5. The normalized spacial score (nSPS) is 13.8. The minimum atomic E-state index is -0.186. The van der Waals surface area contributed by atoms with Gasteiger partial charge in [0.25, 0.3) is 0 Å². The summed E-state index contributed by atoms with van der Waals surface area (Å²) >= 11 is 5.86. The molecule has 0 radical (unpaired) electrons. The Morgan fingerprint density at radius 3 is 2.31 bits per heavy atom. The third kappa shape index (κ3) is 3.48. The van der Waals surface area contributed by atoms with Crippen molar-refractivity contribution in [1.82, 2.24) is 5.32 Å². The van der Waals surface area contributed by atoms with E-state index in [-0.39, 0.29) is 11.6 Å². The summed E-state index contributed by atoms with van der Waals surface area (Å²) in [5, 5.41) is 4.07. The van der Waals surface area contributed by atoms with Crippen LogP contribution in [0.2, 0.25) is 5.02 Å². The summed E-state index contributed by atoms with van der Waals surface area (Å²) in [5.74, 6) is 0. The maximum Gasteiger partial charge on any atom is 0.0778 e. The van der Waals surface area contributed by atoms with E-state index in [0.29, 0.717) is 0 Å². The first-order valence-electron chi connectivity index (χ1n) is 5.46. The van der Waals surface area contributed by atoms with Crippen molar-refractivity contribution in [3.8, 4) is 0 Å². The molecule has 1 unspecified atom stereocenters. The molecule has 0 amide bonds. The molecule has 0 aromatic heterocycles. The van der Waals surface area contributed by atoms with E-state index >= 15 is 0 Å². The molecule has 1 aromatic rings. The van der Waals surface area contributed by atoms with Crippen molar-refractivity contribution in [2.75, 3.05) is 14.2 Å². The third-order valence-corrected chi connectivity index (χ3v) is 3.32. The van der Waals surface area contributed by atoms with Crippen LogP contribution in [0.3, 0.4) is 0 Å². The molecular weight excluding hydrogens is 222 g/mol. The van der Waals surface area contributed by atoms with E-state index in [4.69, 9.17) is 16.3 Å². The second kappa shape index (κ2) is 5.67. The Morgan fingerprint density at radius 1 is 1.31 bits per heavy atom. The van der Waals surface area contributed by atoms with Gasteiger partial charge < -0.3 is 10.1 Å². The second-order valence-corrected chi connectivity index (χ2v) is 4.92. The average Bonchev–Trinajstić information content (AvgIpc) is 2.28. The molecule has 1 atom stereocenters. The van der Waals surface area contributed by atoms with Gasteiger partial charge in [-0.05, 0) is 45.0 Å². The Balaban J connectivity index is 2.74. The molecule has 0 spiro atoms. The van der Waals surface area contributed by atoms with Crippen molar-refractivity contribution in [2.45, 2.75) is 31.9 Å². The van der Waals surface area contributed by atoms with Crippen molar-refractivity contribution in [1.29, 1.82) is 0 Å². The van der Waals surface area contributed by atoms with Gasteiger partial charge in [-0.2, -0.15) is 0 Å². The molecule has 0 saturated heterocycles. The lowest BCUT2D eigenvalue weighted by Crippen LogP contribution is -2.48. The molecule has 1 N–H and O–H groups in total. The highest BCUT2D eigenvalue weighted by atomic mass is 35.5. The first-order valence-corrected chi connectivity index (χ1v) is 5.84. The smallest absolute Gasteiger partial charge is 0.0778 e. The van der Waals surface area contributed by atoms with E-state index in [0.717, 1.165) is 11.4 Å². The summed E-state index contributed by atoms with van der Waals surface area (Å²) in [4.78, 5) is 0. The predicted octanol–water partition coefficient (Wildman–Crippen LogP) is 2.90. The summed E-state index contributed by atoms with van der Waals surface area (Å²) in [5.41, 5.74) is 1.07. The molecule has 1 rings (SSSR count). The summed E-state index contributed by atoms with van der Waals surface area (Å²) in [7, 11) is 3.70. The van der Waals surface area contributed by atoms with E-state index in [1.807, 2.05) is 19.2 Å². The standard InChI is InChI=1S/C13H20ClNO/c1-13(2,16-4)12(15-3)9-10-5-7-11(14)8-6-10/h5-8,12,15H,9H2,1-4H3. The molecule has 0 saturated carbocycles. The molecule has 0 fully saturated rings. The van der Waals surface area contributed by atoms with Crippen molar-refractivity contribution >= 4 is 11.6 Å². The van der Waals surface area contributed by atoms with Crippen LogP contribution in [-0.4, -0.2) is 25.8 Å². The Bertz CT molecular complexity index is 321. The van der Waals surface area contributed by atoms with Gasteiger partial charge in [-0.25, -0.2) is 0 Å². The van der Waals surface area contributed by atoms with Crippen LogP contribution in [0.1, 0.15) is 19.4 Å². The zero-order chi connectivity index (χ0) is 12.2. The minimum absolute atomic E-state index is 0.186. The van der Waals surface area contributed by atoms with Crippen molar-refractivity contribution < 1.29 is 4.74 Å². The topological polar surface area (TPSA) is 21.3 Å². The quantitative estimate of drug-likeness (QED) is 0.856. The maximum atomic E-state index is 5.86. The molecule has 1 aromatic carbocycles. The molecule has 0 heterocycles. The van der Waals surface area contributed by atoms with Gasteiger partial charge >= 0.3 is 0 Å². The lowest BCUT2D eigenvalue weighted by atomic mass is 9.92. The van der Waals surface area contributed by atoms with Crippen LogP contribution in [0.25, 0.3) is 0 Å². The first-order chi connectivity index (χ1) is 7.49. The Morgan fingerprint density at radius 2 is 1.88 bits per heavy atom. The highest BCUT2D eigenvalue weighted by molar-refractivity contribution is 6.30. The number of nitrogens with one attached hydrogen (secondary N) is 1. The van der Waals surface area contributed by atoms with Gasteiger partial charge in [0.2, 0.25) is 0 Å². The van der Waals surface area contributed by atoms with Gasteiger partial charge in [-0.15, -0.1) is 0 Å². The van der Waals surface area contributed by atoms with Crippen molar-refractivity contribution in [3.05, 3.63) is 34.9 Å². The molecule has 0 aliphatic rings. The minimum Gasteiger partial charge on any atom is -0.377 e. The predicted molar refractivity (Wildman–Crippen MR) is 69.1 cm³/mol. The number of hydrogen-bond acceptors (Lipinski definition) is 2. The van der Waals surface area contributed by atoms with Gasteiger partial charge in [-0.1, -0.05) is 23.7 Å². The van der Waals surface area contributed by atoms with Gasteiger partial charge in [0.15, 0.2) is 0 Å².